The Morgan fingerprint density at radius 1 is 1.19 bits per heavy atom. The highest BCUT2D eigenvalue weighted by Gasteiger charge is 2.32. The number of carboxylic acids is 1. The minimum atomic E-state index is -0.774. The summed E-state index contributed by atoms with van der Waals surface area (Å²) in [6, 6.07) is 5.58. The number of Topliss-reactive ketones (excluding diaryl/α,β-unsaturated/α-hetero) is 1. The molecule has 0 heterocycles. The summed E-state index contributed by atoms with van der Waals surface area (Å²) < 4.78 is 13.2. The van der Waals surface area contributed by atoms with Gasteiger partial charge in [-0.25, -0.2) is 4.39 Å². The Labute approximate surface area is 153 Å². The first-order valence-electron chi connectivity index (χ1n) is 9.20. The fourth-order valence-electron chi connectivity index (χ4n) is 3.48. The number of hydrogen-bond donors (Lipinski definition) is 1. The maximum absolute atomic E-state index is 13.2. The molecule has 26 heavy (non-hydrogen) atoms. The molecule has 1 fully saturated rings. The summed E-state index contributed by atoms with van der Waals surface area (Å²) in [5.41, 5.74) is 0.306. The number of halogens is 1. The molecule has 0 aromatic heterocycles. The molecule has 0 radical (unpaired) electrons. The van der Waals surface area contributed by atoms with Crippen LogP contribution in [-0.4, -0.2) is 22.6 Å². The maximum Gasteiger partial charge on any atom is 0.303 e. The van der Waals surface area contributed by atoms with Gasteiger partial charge in [0.15, 0.2) is 5.78 Å². The van der Waals surface area contributed by atoms with Crippen LogP contribution in [0.15, 0.2) is 36.4 Å². The predicted octanol–water partition coefficient (Wildman–Crippen LogP) is 4.59. The second kappa shape index (κ2) is 10.00. The van der Waals surface area contributed by atoms with Crippen LogP contribution in [0.5, 0.6) is 0 Å². The van der Waals surface area contributed by atoms with E-state index in [1.165, 1.54) is 24.3 Å². The molecule has 1 saturated carbocycles. The van der Waals surface area contributed by atoms with Gasteiger partial charge in [-0.15, -0.1) is 0 Å². The van der Waals surface area contributed by atoms with E-state index in [1.54, 1.807) is 12.1 Å². The molecule has 1 aromatic rings. The molecule has 4 nitrogen and oxygen atoms in total. The van der Waals surface area contributed by atoms with Gasteiger partial charge in [-0.05, 0) is 43.4 Å². The van der Waals surface area contributed by atoms with E-state index in [2.05, 4.69) is 0 Å². The highest BCUT2D eigenvalue weighted by molar-refractivity contribution is 6.04. The maximum atomic E-state index is 13.2. The molecule has 0 aliphatic heterocycles. The third kappa shape index (κ3) is 6.21. The van der Waals surface area contributed by atoms with Crippen molar-refractivity contribution < 1.29 is 23.9 Å². The van der Waals surface area contributed by atoms with Gasteiger partial charge in [-0.1, -0.05) is 37.5 Å². The molecule has 5 heteroatoms. The van der Waals surface area contributed by atoms with E-state index in [4.69, 9.17) is 5.11 Å². The number of carbonyl (C=O) groups excluding carboxylic acids is 2. The average Bonchev–Trinajstić information content (AvgIpc) is 2.95. The van der Waals surface area contributed by atoms with Crippen molar-refractivity contribution in [3.8, 4) is 0 Å². The van der Waals surface area contributed by atoms with Crippen molar-refractivity contribution in [1.29, 1.82) is 0 Å². The van der Waals surface area contributed by atoms with Crippen molar-refractivity contribution in [3.05, 3.63) is 47.8 Å². The molecule has 1 aromatic carbocycles. The quantitative estimate of drug-likeness (QED) is 0.376. The number of aliphatic carboxylic acids is 1. The van der Waals surface area contributed by atoms with Gasteiger partial charge in [-0.2, -0.15) is 0 Å². The average molecular weight is 360 g/mol. The predicted molar refractivity (Wildman–Crippen MR) is 96.4 cm³/mol. The van der Waals surface area contributed by atoms with Crippen LogP contribution in [0.2, 0.25) is 0 Å². The monoisotopic (exact) mass is 360 g/mol. The van der Waals surface area contributed by atoms with Gasteiger partial charge in [0.2, 0.25) is 0 Å². The van der Waals surface area contributed by atoms with Crippen LogP contribution in [0, 0.1) is 17.7 Å². The molecular formula is C21H25FO4. The van der Waals surface area contributed by atoms with Gasteiger partial charge in [0.25, 0.3) is 0 Å². The highest BCUT2D eigenvalue weighted by atomic mass is 19.1. The van der Waals surface area contributed by atoms with Crippen LogP contribution in [0.4, 0.5) is 4.39 Å². The SMILES string of the molecule is O=C(O)CCCCCC[C@@H]1C(=O)CC[C@H]1C=CC(=O)c1cccc(F)c1. The van der Waals surface area contributed by atoms with E-state index in [0.29, 0.717) is 18.4 Å². The fraction of sp³-hybridized carbons (Fsp3) is 0.476. The van der Waals surface area contributed by atoms with E-state index in [0.717, 1.165) is 32.1 Å². The summed E-state index contributed by atoms with van der Waals surface area (Å²) in [4.78, 5) is 34.7. The molecule has 0 bridgehead atoms. The van der Waals surface area contributed by atoms with Crippen LogP contribution >= 0.6 is 0 Å². The molecule has 0 spiro atoms. The summed E-state index contributed by atoms with van der Waals surface area (Å²) >= 11 is 0. The van der Waals surface area contributed by atoms with Gasteiger partial charge in [0.1, 0.15) is 11.6 Å². The number of unbranched alkanes of at least 4 members (excludes halogenated alkanes) is 3. The van der Waals surface area contributed by atoms with Gasteiger partial charge >= 0.3 is 5.97 Å². The van der Waals surface area contributed by atoms with Crippen LogP contribution in [0.3, 0.4) is 0 Å². The number of benzene rings is 1. The van der Waals surface area contributed by atoms with Gasteiger partial charge < -0.3 is 5.11 Å². The Hall–Kier alpha value is -2.30. The van der Waals surface area contributed by atoms with Gasteiger partial charge in [0.05, 0.1) is 0 Å². The zero-order valence-corrected chi connectivity index (χ0v) is 14.8. The molecule has 2 rings (SSSR count). The molecule has 0 amide bonds. The van der Waals surface area contributed by atoms with Crippen molar-refractivity contribution in [2.75, 3.05) is 0 Å². The van der Waals surface area contributed by atoms with E-state index >= 15 is 0 Å². The fourth-order valence-corrected chi connectivity index (χ4v) is 3.48. The Bertz CT molecular complexity index is 680. The largest absolute Gasteiger partial charge is 0.481 e. The molecule has 0 unspecified atom stereocenters. The van der Waals surface area contributed by atoms with Crippen molar-refractivity contribution in [2.45, 2.75) is 51.4 Å². The van der Waals surface area contributed by atoms with Crippen LogP contribution in [-0.2, 0) is 9.59 Å². The molecule has 1 aliphatic carbocycles. The molecule has 1 N–H and O–H groups in total. The summed E-state index contributed by atoms with van der Waals surface area (Å²) in [5.74, 6) is -1.24. The summed E-state index contributed by atoms with van der Waals surface area (Å²) in [6.45, 7) is 0. The summed E-state index contributed by atoms with van der Waals surface area (Å²) in [6.07, 6.45) is 8.82. The first kappa shape index (κ1) is 20.0. The van der Waals surface area contributed by atoms with E-state index in [1.807, 2.05) is 0 Å². The lowest BCUT2D eigenvalue weighted by atomic mass is 9.89. The number of ketones is 2. The number of carbonyl (C=O) groups is 3. The lowest BCUT2D eigenvalue weighted by Crippen LogP contribution is -2.13. The third-order valence-electron chi connectivity index (χ3n) is 4.91. The molecule has 0 saturated heterocycles. The minimum Gasteiger partial charge on any atom is -0.481 e. The van der Waals surface area contributed by atoms with Crippen LogP contribution in [0.1, 0.15) is 61.7 Å². The van der Waals surface area contributed by atoms with Crippen molar-refractivity contribution >= 4 is 17.5 Å². The molecule has 1 aliphatic rings. The van der Waals surface area contributed by atoms with E-state index < -0.39 is 11.8 Å². The van der Waals surface area contributed by atoms with Crippen molar-refractivity contribution in [3.63, 3.8) is 0 Å². The zero-order valence-electron chi connectivity index (χ0n) is 14.8. The Morgan fingerprint density at radius 3 is 2.69 bits per heavy atom. The number of allylic oxidation sites excluding steroid dienone is 2. The Balaban J connectivity index is 1.82. The lowest BCUT2D eigenvalue weighted by molar-refractivity contribution is -0.137. The summed E-state index contributed by atoms with van der Waals surface area (Å²) in [5, 5.41) is 8.61. The van der Waals surface area contributed by atoms with Crippen molar-refractivity contribution in [2.24, 2.45) is 11.8 Å². The Kier molecular flexibility index (Phi) is 7.70. The van der Waals surface area contributed by atoms with E-state index in [-0.39, 0.29) is 29.8 Å². The minimum absolute atomic E-state index is 0.0547. The molecule has 140 valence electrons. The number of carboxylic acid groups (broad SMARTS) is 1. The van der Waals surface area contributed by atoms with Gasteiger partial charge in [0, 0.05) is 24.3 Å². The number of rotatable bonds is 10. The van der Waals surface area contributed by atoms with Crippen LogP contribution < -0.4 is 0 Å². The third-order valence-corrected chi connectivity index (χ3v) is 4.91. The first-order valence-corrected chi connectivity index (χ1v) is 9.20. The topological polar surface area (TPSA) is 71.4 Å². The number of hydrogen-bond acceptors (Lipinski definition) is 3. The second-order valence-corrected chi connectivity index (χ2v) is 6.86. The molecular weight excluding hydrogens is 335 g/mol. The van der Waals surface area contributed by atoms with E-state index in [9.17, 15) is 18.8 Å². The Morgan fingerprint density at radius 2 is 1.96 bits per heavy atom. The highest BCUT2D eigenvalue weighted by Crippen LogP contribution is 2.34. The molecule has 2 atom stereocenters. The van der Waals surface area contributed by atoms with Gasteiger partial charge in [-0.3, -0.25) is 14.4 Å². The lowest BCUT2D eigenvalue weighted by Gasteiger charge is -2.14. The smallest absolute Gasteiger partial charge is 0.303 e. The van der Waals surface area contributed by atoms with Crippen LogP contribution in [0.25, 0.3) is 0 Å². The standard InChI is InChI=1S/C21H25FO4/c22-17-7-5-6-16(14-17)19(23)12-10-15-11-13-20(24)18(15)8-3-1-2-4-9-21(25)26/h5-7,10,12,14-15,18H,1-4,8-9,11,13H2,(H,25,26)/t15-,18+/m1/s1. The first-order chi connectivity index (χ1) is 12.5. The summed E-state index contributed by atoms with van der Waals surface area (Å²) in [7, 11) is 0. The second-order valence-electron chi connectivity index (χ2n) is 6.86. The normalized spacial score (nSPS) is 20.0. The van der Waals surface area contributed by atoms with Crippen molar-refractivity contribution in [1.82, 2.24) is 0 Å². The zero-order chi connectivity index (χ0) is 18.9.